The van der Waals surface area contributed by atoms with E-state index >= 15 is 0 Å². The van der Waals surface area contributed by atoms with Crippen molar-refractivity contribution in [3.05, 3.63) is 35.6 Å². The first-order valence-electron chi connectivity index (χ1n) is 7.32. The van der Waals surface area contributed by atoms with Crippen LogP contribution in [0.15, 0.2) is 24.3 Å². The topological polar surface area (TPSA) is 32.3 Å². The second kappa shape index (κ2) is 8.35. The van der Waals surface area contributed by atoms with E-state index in [-0.39, 0.29) is 30.0 Å². The lowest BCUT2D eigenvalue weighted by Gasteiger charge is -2.26. The third kappa shape index (κ3) is 4.42. The summed E-state index contributed by atoms with van der Waals surface area (Å²) in [5, 5.41) is 3.13. The Hall–Kier alpha value is -1.13. The van der Waals surface area contributed by atoms with Crippen molar-refractivity contribution in [2.75, 3.05) is 20.1 Å². The molecule has 3 nitrogen and oxygen atoms in total. The molecule has 21 heavy (non-hydrogen) atoms. The molecule has 2 unspecified atom stereocenters. The lowest BCUT2D eigenvalue weighted by atomic mass is 9.96. The van der Waals surface area contributed by atoms with Gasteiger partial charge in [-0.2, -0.15) is 0 Å². The van der Waals surface area contributed by atoms with E-state index in [4.69, 9.17) is 0 Å². The SMILES string of the molecule is CNCC1CCCN1C(=O)CC(C)c1ccccc1F.Cl. The molecule has 1 fully saturated rings. The molecule has 1 amide bonds. The molecule has 1 saturated heterocycles. The lowest BCUT2D eigenvalue weighted by Crippen LogP contribution is -2.41. The Morgan fingerprint density at radius 3 is 2.86 bits per heavy atom. The molecular weight excluding hydrogens is 291 g/mol. The number of hydrogen-bond donors (Lipinski definition) is 1. The summed E-state index contributed by atoms with van der Waals surface area (Å²) in [6, 6.07) is 7.01. The van der Waals surface area contributed by atoms with Crippen LogP contribution in [0.2, 0.25) is 0 Å². The summed E-state index contributed by atoms with van der Waals surface area (Å²) in [4.78, 5) is 14.4. The number of nitrogens with one attached hydrogen (secondary N) is 1. The molecule has 0 spiro atoms. The number of hydrogen-bond acceptors (Lipinski definition) is 2. The molecule has 0 aromatic heterocycles. The van der Waals surface area contributed by atoms with Crippen LogP contribution in [0.3, 0.4) is 0 Å². The predicted molar refractivity (Wildman–Crippen MR) is 85.3 cm³/mol. The Balaban J connectivity index is 0.00000220. The monoisotopic (exact) mass is 314 g/mol. The average molecular weight is 315 g/mol. The van der Waals surface area contributed by atoms with Crippen LogP contribution in [0.25, 0.3) is 0 Å². The highest BCUT2D eigenvalue weighted by Crippen LogP contribution is 2.25. The fraction of sp³-hybridized carbons (Fsp3) is 0.562. The van der Waals surface area contributed by atoms with E-state index in [1.807, 2.05) is 24.9 Å². The van der Waals surface area contributed by atoms with Gasteiger partial charge in [-0.15, -0.1) is 12.4 Å². The van der Waals surface area contributed by atoms with Crippen LogP contribution in [0, 0.1) is 5.82 Å². The molecule has 1 N–H and O–H groups in total. The van der Waals surface area contributed by atoms with Crippen LogP contribution in [0.1, 0.15) is 37.7 Å². The van der Waals surface area contributed by atoms with Crippen molar-refractivity contribution in [1.29, 1.82) is 0 Å². The first-order valence-corrected chi connectivity index (χ1v) is 7.32. The van der Waals surface area contributed by atoms with Crippen molar-refractivity contribution in [2.45, 2.75) is 38.1 Å². The Bertz CT molecular complexity index is 469. The highest BCUT2D eigenvalue weighted by molar-refractivity contribution is 5.85. The summed E-state index contributed by atoms with van der Waals surface area (Å²) < 4.78 is 13.7. The standard InChI is InChI=1S/C16H23FN2O.ClH/c1-12(14-7-3-4-8-15(14)17)10-16(20)19-9-5-6-13(19)11-18-2;/h3-4,7-8,12-13,18H,5-6,9-11H2,1-2H3;1H. The summed E-state index contributed by atoms with van der Waals surface area (Å²) in [6.07, 6.45) is 2.49. The third-order valence-electron chi connectivity index (χ3n) is 4.05. The molecule has 118 valence electrons. The number of likely N-dealkylation sites (N-methyl/N-ethyl adjacent to an activating group) is 1. The quantitative estimate of drug-likeness (QED) is 0.906. The van der Waals surface area contributed by atoms with Crippen molar-refractivity contribution < 1.29 is 9.18 Å². The van der Waals surface area contributed by atoms with Gasteiger partial charge in [0.2, 0.25) is 5.91 Å². The number of benzene rings is 1. The number of amides is 1. The van der Waals surface area contributed by atoms with Gasteiger partial charge in [0.05, 0.1) is 0 Å². The van der Waals surface area contributed by atoms with Gasteiger partial charge in [-0.05, 0) is 37.4 Å². The van der Waals surface area contributed by atoms with Gasteiger partial charge < -0.3 is 10.2 Å². The van der Waals surface area contributed by atoms with Crippen LogP contribution in [-0.4, -0.2) is 37.0 Å². The molecule has 0 aliphatic carbocycles. The fourth-order valence-corrected chi connectivity index (χ4v) is 2.98. The van der Waals surface area contributed by atoms with Crippen molar-refractivity contribution >= 4 is 18.3 Å². The van der Waals surface area contributed by atoms with Crippen LogP contribution < -0.4 is 5.32 Å². The van der Waals surface area contributed by atoms with Gasteiger partial charge in [-0.1, -0.05) is 25.1 Å². The molecule has 1 aromatic carbocycles. The van der Waals surface area contributed by atoms with E-state index < -0.39 is 0 Å². The molecule has 0 bridgehead atoms. The second-order valence-corrected chi connectivity index (χ2v) is 5.57. The maximum atomic E-state index is 13.7. The van der Waals surface area contributed by atoms with Crippen LogP contribution in [-0.2, 0) is 4.79 Å². The highest BCUT2D eigenvalue weighted by atomic mass is 35.5. The minimum Gasteiger partial charge on any atom is -0.338 e. The molecule has 1 aliphatic rings. The number of nitrogens with zero attached hydrogens (tertiary/aromatic N) is 1. The number of carbonyl (C=O) groups is 1. The minimum absolute atomic E-state index is 0. The number of halogens is 2. The number of carbonyl (C=O) groups excluding carboxylic acids is 1. The van der Waals surface area contributed by atoms with Gasteiger partial charge in [0.25, 0.3) is 0 Å². The molecule has 1 aromatic rings. The Morgan fingerprint density at radius 1 is 1.48 bits per heavy atom. The largest absolute Gasteiger partial charge is 0.338 e. The molecule has 5 heteroatoms. The molecule has 2 atom stereocenters. The first kappa shape index (κ1) is 17.9. The van der Waals surface area contributed by atoms with Gasteiger partial charge in [-0.25, -0.2) is 4.39 Å². The number of likely N-dealkylation sites (tertiary alicyclic amines) is 1. The third-order valence-corrected chi connectivity index (χ3v) is 4.05. The van der Waals surface area contributed by atoms with Crippen LogP contribution in [0.5, 0.6) is 0 Å². The summed E-state index contributed by atoms with van der Waals surface area (Å²) in [7, 11) is 1.91. The zero-order valence-corrected chi connectivity index (χ0v) is 13.5. The summed E-state index contributed by atoms with van der Waals surface area (Å²) in [5.41, 5.74) is 0.630. The van der Waals surface area contributed by atoms with E-state index in [0.717, 1.165) is 25.9 Å². The average Bonchev–Trinajstić information content (AvgIpc) is 2.88. The zero-order valence-electron chi connectivity index (χ0n) is 12.6. The van der Waals surface area contributed by atoms with Crippen molar-refractivity contribution in [3.63, 3.8) is 0 Å². The van der Waals surface area contributed by atoms with Gasteiger partial charge in [0, 0.05) is 25.6 Å². The first-order chi connectivity index (χ1) is 9.63. The molecule has 1 aliphatic heterocycles. The predicted octanol–water partition coefficient (Wildman–Crippen LogP) is 2.95. The van der Waals surface area contributed by atoms with Crippen LogP contribution >= 0.6 is 12.4 Å². The lowest BCUT2D eigenvalue weighted by molar-refractivity contribution is -0.132. The molecule has 2 rings (SSSR count). The molecule has 0 radical (unpaired) electrons. The minimum atomic E-state index is -0.221. The van der Waals surface area contributed by atoms with Crippen molar-refractivity contribution in [3.8, 4) is 0 Å². The van der Waals surface area contributed by atoms with Crippen molar-refractivity contribution in [1.82, 2.24) is 10.2 Å². The smallest absolute Gasteiger partial charge is 0.223 e. The highest BCUT2D eigenvalue weighted by Gasteiger charge is 2.29. The number of rotatable bonds is 5. The Labute approximate surface area is 132 Å². The molecule has 0 saturated carbocycles. The van der Waals surface area contributed by atoms with E-state index in [1.165, 1.54) is 6.07 Å². The summed E-state index contributed by atoms with van der Waals surface area (Å²) in [6.45, 7) is 3.58. The summed E-state index contributed by atoms with van der Waals surface area (Å²) >= 11 is 0. The van der Waals surface area contributed by atoms with Gasteiger partial charge in [0.15, 0.2) is 0 Å². The second-order valence-electron chi connectivity index (χ2n) is 5.57. The van der Waals surface area contributed by atoms with Gasteiger partial charge in [0.1, 0.15) is 5.82 Å². The molecule has 1 heterocycles. The van der Waals surface area contributed by atoms with Gasteiger partial charge >= 0.3 is 0 Å². The maximum Gasteiger partial charge on any atom is 0.223 e. The normalized spacial score (nSPS) is 19.2. The van der Waals surface area contributed by atoms with Gasteiger partial charge in [-0.3, -0.25) is 4.79 Å². The van der Waals surface area contributed by atoms with E-state index in [0.29, 0.717) is 18.0 Å². The Kier molecular flexibility index (Phi) is 7.12. The van der Waals surface area contributed by atoms with Crippen molar-refractivity contribution in [2.24, 2.45) is 0 Å². The fourth-order valence-electron chi connectivity index (χ4n) is 2.98. The maximum absolute atomic E-state index is 13.7. The van der Waals surface area contributed by atoms with E-state index in [1.54, 1.807) is 12.1 Å². The van der Waals surface area contributed by atoms with E-state index in [9.17, 15) is 9.18 Å². The molecular formula is C16H24ClFN2O. The zero-order chi connectivity index (χ0) is 14.5. The Morgan fingerprint density at radius 2 is 2.19 bits per heavy atom. The van der Waals surface area contributed by atoms with Crippen LogP contribution in [0.4, 0.5) is 4.39 Å². The van der Waals surface area contributed by atoms with E-state index in [2.05, 4.69) is 5.32 Å². The summed E-state index contributed by atoms with van der Waals surface area (Å²) in [5.74, 6) is -0.168.